The van der Waals surface area contributed by atoms with Gasteiger partial charge >= 0.3 is 0 Å². The molecule has 1 saturated carbocycles. The van der Waals surface area contributed by atoms with E-state index in [-0.39, 0.29) is 10.9 Å². The minimum atomic E-state index is -0.992. The number of nitrogens with one attached hydrogen (secondary N) is 2. The van der Waals surface area contributed by atoms with Crippen LogP contribution in [0.3, 0.4) is 0 Å². The minimum absolute atomic E-state index is 0.00652. The first-order valence-electron chi connectivity index (χ1n) is 9.79. The van der Waals surface area contributed by atoms with E-state index in [9.17, 15) is 24.5 Å². The first kappa shape index (κ1) is 23.7. The molecule has 1 amide bonds. The maximum atomic E-state index is 13.2. The predicted octanol–water partition coefficient (Wildman–Crippen LogP) is 2.51. The SMILES string of the molecule is C=C(C)C(=O)Nc1ncnc2nc[nH]c12.OC1CCC(C(O)c2ccc(Cl)c(F)c2)C1O. The Hall–Kier alpha value is -2.92. The van der Waals surface area contributed by atoms with Gasteiger partial charge in [0.1, 0.15) is 17.7 Å². The fourth-order valence-corrected chi connectivity index (χ4v) is 3.47. The Bertz CT molecular complexity index is 1120. The lowest BCUT2D eigenvalue weighted by Gasteiger charge is -2.22. The van der Waals surface area contributed by atoms with Crippen LogP contribution in [0.15, 0.2) is 43.0 Å². The number of hydrogen-bond donors (Lipinski definition) is 5. The molecule has 11 heteroatoms. The van der Waals surface area contributed by atoms with Crippen LogP contribution in [-0.2, 0) is 4.79 Å². The molecule has 0 saturated heterocycles. The van der Waals surface area contributed by atoms with Crippen molar-refractivity contribution >= 4 is 34.5 Å². The van der Waals surface area contributed by atoms with Gasteiger partial charge in [-0.3, -0.25) is 4.79 Å². The lowest BCUT2D eigenvalue weighted by molar-refractivity contribution is -0.112. The van der Waals surface area contributed by atoms with Crippen LogP contribution in [-0.4, -0.2) is 53.4 Å². The van der Waals surface area contributed by atoms with Crippen molar-refractivity contribution in [1.82, 2.24) is 19.9 Å². The number of fused-ring (bicyclic) bond motifs is 1. The summed E-state index contributed by atoms with van der Waals surface area (Å²) in [4.78, 5) is 26.0. The molecule has 1 aliphatic carbocycles. The summed E-state index contributed by atoms with van der Waals surface area (Å²) in [6, 6.07) is 4.05. The molecule has 4 rings (SSSR count). The summed E-state index contributed by atoms with van der Waals surface area (Å²) in [6.07, 6.45) is 1.02. The molecule has 2 aromatic heterocycles. The number of rotatable bonds is 4. The van der Waals surface area contributed by atoms with E-state index < -0.39 is 30.0 Å². The normalized spacial score (nSPS) is 21.0. The van der Waals surface area contributed by atoms with E-state index in [0.29, 0.717) is 41.0 Å². The topological polar surface area (TPSA) is 144 Å². The van der Waals surface area contributed by atoms with Gasteiger partial charge in [-0.15, -0.1) is 0 Å². The number of carbonyl (C=O) groups is 1. The van der Waals surface area contributed by atoms with Crippen LogP contribution >= 0.6 is 11.6 Å². The van der Waals surface area contributed by atoms with Gasteiger partial charge in [0.15, 0.2) is 11.5 Å². The molecule has 0 radical (unpaired) electrons. The number of H-pyrrole nitrogens is 1. The van der Waals surface area contributed by atoms with Crippen molar-refractivity contribution < 1.29 is 24.5 Å². The number of nitrogens with zero attached hydrogens (tertiary/aromatic N) is 3. The molecular formula is C21H23ClFN5O4. The molecule has 0 bridgehead atoms. The van der Waals surface area contributed by atoms with E-state index in [1.54, 1.807) is 6.92 Å². The van der Waals surface area contributed by atoms with Crippen molar-refractivity contribution in [2.24, 2.45) is 5.92 Å². The second kappa shape index (κ2) is 10.1. The van der Waals surface area contributed by atoms with Gasteiger partial charge in [0.2, 0.25) is 0 Å². The number of aromatic nitrogens is 4. The van der Waals surface area contributed by atoms with Crippen molar-refractivity contribution in [3.05, 3.63) is 59.4 Å². The molecule has 1 aliphatic rings. The van der Waals surface area contributed by atoms with Crippen LogP contribution in [0.2, 0.25) is 5.02 Å². The number of aliphatic hydroxyl groups is 3. The molecule has 9 nitrogen and oxygen atoms in total. The number of benzene rings is 1. The molecule has 0 aliphatic heterocycles. The number of aliphatic hydroxyl groups excluding tert-OH is 3. The Labute approximate surface area is 188 Å². The highest BCUT2D eigenvalue weighted by Crippen LogP contribution is 2.36. The second-order valence-electron chi connectivity index (χ2n) is 7.48. The molecule has 32 heavy (non-hydrogen) atoms. The molecule has 1 fully saturated rings. The number of anilines is 1. The lowest BCUT2D eigenvalue weighted by Crippen LogP contribution is -2.28. The van der Waals surface area contributed by atoms with E-state index in [4.69, 9.17) is 11.6 Å². The largest absolute Gasteiger partial charge is 0.390 e. The number of aromatic amines is 1. The molecule has 170 valence electrons. The molecule has 2 heterocycles. The van der Waals surface area contributed by atoms with Crippen molar-refractivity contribution in [2.45, 2.75) is 38.1 Å². The van der Waals surface area contributed by atoms with Gasteiger partial charge in [-0.2, -0.15) is 0 Å². The second-order valence-corrected chi connectivity index (χ2v) is 7.88. The molecule has 1 aromatic carbocycles. The summed E-state index contributed by atoms with van der Waals surface area (Å²) in [5.41, 5.74) is 1.90. The van der Waals surface area contributed by atoms with Crippen molar-refractivity contribution in [3.63, 3.8) is 0 Å². The average molecular weight is 464 g/mol. The van der Waals surface area contributed by atoms with E-state index in [2.05, 4.69) is 31.8 Å². The quantitative estimate of drug-likeness (QED) is 0.374. The van der Waals surface area contributed by atoms with E-state index in [1.807, 2.05) is 0 Å². The summed E-state index contributed by atoms with van der Waals surface area (Å²) in [7, 11) is 0. The van der Waals surface area contributed by atoms with E-state index in [0.717, 1.165) is 6.07 Å². The lowest BCUT2D eigenvalue weighted by atomic mass is 9.92. The van der Waals surface area contributed by atoms with Crippen LogP contribution in [0.5, 0.6) is 0 Å². The summed E-state index contributed by atoms with van der Waals surface area (Å²) >= 11 is 5.55. The third kappa shape index (κ3) is 5.28. The molecule has 4 unspecified atom stereocenters. The number of amides is 1. The fraction of sp³-hybridized carbons (Fsp3) is 0.333. The summed E-state index contributed by atoms with van der Waals surface area (Å²) in [5.74, 6) is -0.933. The van der Waals surface area contributed by atoms with Crippen LogP contribution in [0.1, 0.15) is 31.4 Å². The minimum Gasteiger partial charge on any atom is -0.390 e. The Morgan fingerprint density at radius 1 is 1.31 bits per heavy atom. The van der Waals surface area contributed by atoms with E-state index >= 15 is 0 Å². The molecule has 4 atom stereocenters. The summed E-state index contributed by atoms with van der Waals surface area (Å²) in [6.45, 7) is 5.16. The van der Waals surface area contributed by atoms with Gasteiger partial charge in [-0.1, -0.05) is 24.2 Å². The van der Waals surface area contributed by atoms with Crippen LogP contribution < -0.4 is 5.32 Å². The predicted molar refractivity (Wildman–Crippen MR) is 116 cm³/mol. The molecule has 5 N–H and O–H groups in total. The zero-order chi connectivity index (χ0) is 23.4. The third-order valence-electron chi connectivity index (χ3n) is 5.16. The Balaban J connectivity index is 0.000000182. The standard InChI is InChI=1S/C12H14ClFO3.C9H9N5O/c13-8-3-1-6(5-9(8)14)11(16)7-2-4-10(15)12(7)17;1-5(2)9(15)14-8-6-7(11-3-10-6)12-4-13-8/h1,3,5,7,10-12,15-17H,2,4H2;3-4H,1H2,2H3,(H2,10,11,12,13,14,15). The molecule has 0 spiro atoms. The van der Waals surface area contributed by atoms with Gasteiger partial charge in [-0.25, -0.2) is 19.3 Å². The number of carbonyl (C=O) groups excluding carboxylic acids is 1. The maximum Gasteiger partial charge on any atom is 0.251 e. The highest BCUT2D eigenvalue weighted by atomic mass is 35.5. The van der Waals surface area contributed by atoms with Crippen LogP contribution in [0.4, 0.5) is 10.2 Å². The highest BCUT2D eigenvalue weighted by Gasteiger charge is 2.38. The van der Waals surface area contributed by atoms with Crippen molar-refractivity contribution in [1.29, 1.82) is 0 Å². The van der Waals surface area contributed by atoms with Gasteiger partial charge in [0, 0.05) is 11.5 Å². The zero-order valence-corrected chi connectivity index (χ0v) is 17.9. The van der Waals surface area contributed by atoms with Gasteiger partial charge in [0.25, 0.3) is 5.91 Å². The number of hydrogen-bond acceptors (Lipinski definition) is 7. The average Bonchev–Trinajstić information content (AvgIpc) is 3.37. The number of imidazole rings is 1. The van der Waals surface area contributed by atoms with Crippen LogP contribution in [0.25, 0.3) is 11.2 Å². The first-order valence-corrected chi connectivity index (χ1v) is 10.2. The summed E-state index contributed by atoms with van der Waals surface area (Å²) < 4.78 is 13.2. The van der Waals surface area contributed by atoms with E-state index in [1.165, 1.54) is 24.8 Å². The maximum absolute atomic E-state index is 13.2. The molecule has 3 aromatic rings. The van der Waals surface area contributed by atoms with Gasteiger partial charge in [-0.05, 0) is 37.5 Å². The first-order chi connectivity index (χ1) is 15.2. The molecular weight excluding hydrogens is 441 g/mol. The Morgan fingerprint density at radius 2 is 2.06 bits per heavy atom. The Morgan fingerprint density at radius 3 is 2.69 bits per heavy atom. The monoisotopic (exact) mass is 463 g/mol. The number of halogens is 2. The van der Waals surface area contributed by atoms with Crippen molar-refractivity contribution in [3.8, 4) is 0 Å². The van der Waals surface area contributed by atoms with Crippen molar-refractivity contribution in [2.75, 3.05) is 5.32 Å². The smallest absolute Gasteiger partial charge is 0.251 e. The Kier molecular flexibility index (Phi) is 7.52. The third-order valence-corrected chi connectivity index (χ3v) is 5.47. The summed E-state index contributed by atoms with van der Waals surface area (Å²) in [5, 5.41) is 31.7. The van der Waals surface area contributed by atoms with Gasteiger partial charge < -0.3 is 25.6 Å². The zero-order valence-electron chi connectivity index (χ0n) is 17.2. The highest BCUT2D eigenvalue weighted by molar-refractivity contribution is 6.30. The fourth-order valence-electron chi connectivity index (χ4n) is 3.35. The van der Waals surface area contributed by atoms with Crippen LogP contribution in [0, 0.1) is 11.7 Å². The van der Waals surface area contributed by atoms with Gasteiger partial charge in [0.05, 0.1) is 29.7 Å².